The van der Waals surface area contributed by atoms with E-state index in [4.69, 9.17) is 5.11 Å². The second kappa shape index (κ2) is 5.45. The van der Waals surface area contributed by atoms with Gasteiger partial charge < -0.3 is 10.0 Å². The molecule has 20 heavy (non-hydrogen) atoms. The van der Waals surface area contributed by atoms with E-state index in [-0.39, 0.29) is 11.6 Å². The van der Waals surface area contributed by atoms with Gasteiger partial charge in [-0.15, -0.1) is 11.8 Å². The molecule has 1 amide bonds. The number of benzene rings is 1. The minimum Gasteiger partial charge on any atom is -0.480 e. The van der Waals surface area contributed by atoms with Crippen molar-refractivity contribution in [2.24, 2.45) is 0 Å². The molecule has 2 rings (SSSR count). The fourth-order valence-electron chi connectivity index (χ4n) is 1.84. The molecule has 1 fully saturated rings. The minimum atomic E-state index is -1.19. The van der Waals surface area contributed by atoms with Crippen LogP contribution in [-0.4, -0.2) is 44.5 Å². The van der Waals surface area contributed by atoms with E-state index in [0.717, 1.165) is 23.1 Å². The van der Waals surface area contributed by atoms with E-state index in [2.05, 4.69) is 0 Å². The predicted octanol–water partition coefficient (Wildman–Crippen LogP) is 1.33. The summed E-state index contributed by atoms with van der Waals surface area (Å²) in [5.41, 5.74) is -0.985. The van der Waals surface area contributed by atoms with E-state index < -0.39 is 39.9 Å². The minimum absolute atomic E-state index is 0.101. The van der Waals surface area contributed by atoms with Crippen molar-refractivity contribution >= 4 is 29.3 Å². The third-order valence-electron chi connectivity index (χ3n) is 2.81. The number of hydrogen-bond donors (Lipinski definition) is 1. The SMILES string of the molecule is O=C(O)[C@@H]1CSCN1C(=O)c1cc(F)ccc1[N+](=O)[O-]. The van der Waals surface area contributed by atoms with Crippen molar-refractivity contribution in [2.75, 3.05) is 11.6 Å². The van der Waals surface area contributed by atoms with Gasteiger partial charge in [-0.05, 0) is 12.1 Å². The number of carbonyl (C=O) groups is 2. The lowest BCUT2D eigenvalue weighted by Crippen LogP contribution is -2.42. The lowest BCUT2D eigenvalue weighted by molar-refractivity contribution is -0.385. The molecule has 1 aromatic carbocycles. The molecule has 0 aliphatic carbocycles. The van der Waals surface area contributed by atoms with Crippen molar-refractivity contribution < 1.29 is 24.0 Å². The number of carbonyl (C=O) groups excluding carboxylic acids is 1. The first kappa shape index (κ1) is 14.3. The Bertz CT molecular complexity index is 594. The van der Waals surface area contributed by atoms with Crippen molar-refractivity contribution in [2.45, 2.75) is 6.04 Å². The van der Waals surface area contributed by atoms with E-state index in [9.17, 15) is 24.1 Å². The average molecular weight is 300 g/mol. The van der Waals surface area contributed by atoms with Crippen LogP contribution in [0.15, 0.2) is 18.2 Å². The van der Waals surface area contributed by atoms with Gasteiger partial charge >= 0.3 is 5.97 Å². The van der Waals surface area contributed by atoms with Crippen LogP contribution in [0.4, 0.5) is 10.1 Å². The van der Waals surface area contributed by atoms with Crippen LogP contribution in [0.2, 0.25) is 0 Å². The molecule has 0 bridgehead atoms. The molecule has 1 aliphatic rings. The Morgan fingerprint density at radius 2 is 2.20 bits per heavy atom. The number of nitro benzene ring substituents is 1. The number of carboxylic acid groups (broad SMARTS) is 1. The van der Waals surface area contributed by atoms with Crippen molar-refractivity contribution in [3.63, 3.8) is 0 Å². The molecular weight excluding hydrogens is 291 g/mol. The van der Waals surface area contributed by atoms with E-state index in [1.54, 1.807) is 0 Å². The number of hydrogen-bond acceptors (Lipinski definition) is 5. The van der Waals surface area contributed by atoms with Gasteiger partial charge in [0, 0.05) is 11.8 Å². The molecule has 0 unspecified atom stereocenters. The Kier molecular flexibility index (Phi) is 3.89. The second-order valence-electron chi connectivity index (χ2n) is 4.05. The largest absolute Gasteiger partial charge is 0.480 e. The molecule has 106 valence electrons. The number of rotatable bonds is 3. The third-order valence-corrected chi connectivity index (χ3v) is 3.83. The molecule has 9 heteroatoms. The van der Waals surface area contributed by atoms with Gasteiger partial charge in [0.15, 0.2) is 0 Å². The second-order valence-corrected chi connectivity index (χ2v) is 5.05. The number of thioether (sulfide) groups is 1. The van der Waals surface area contributed by atoms with Crippen LogP contribution in [0, 0.1) is 15.9 Å². The summed E-state index contributed by atoms with van der Waals surface area (Å²) in [5, 5.41) is 19.9. The fourth-order valence-corrected chi connectivity index (χ4v) is 2.99. The molecule has 1 aromatic rings. The maximum atomic E-state index is 13.2. The lowest BCUT2D eigenvalue weighted by atomic mass is 10.1. The summed E-state index contributed by atoms with van der Waals surface area (Å²) in [6.07, 6.45) is 0. The molecule has 1 aliphatic heterocycles. The molecule has 7 nitrogen and oxygen atoms in total. The van der Waals surface area contributed by atoms with Crippen LogP contribution in [-0.2, 0) is 4.79 Å². The van der Waals surface area contributed by atoms with Crippen LogP contribution < -0.4 is 0 Å². The highest BCUT2D eigenvalue weighted by Crippen LogP contribution is 2.27. The lowest BCUT2D eigenvalue weighted by Gasteiger charge is -2.20. The first-order valence-electron chi connectivity index (χ1n) is 5.47. The summed E-state index contributed by atoms with van der Waals surface area (Å²) < 4.78 is 13.2. The summed E-state index contributed by atoms with van der Waals surface area (Å²) in [6.45, 7) is 0. The zero-order valence-electron chi connectivity index (χ0n) is 9.98. The van der Waals surface area contributed by atoms with Crippen molar-refractivity contribution in [3.8, 4) is 0 Å². The Morgan fingerprint density at radius 1 is 1.50 bits per heavy atom. The zero-order chi connectivity index (χ0) is 14.9. The first-order chi connectivity index (χ1) is 9.41. The molecule has 0 radical (unpaired) electrons. The Balaban J connectivity index is 2.40. The van der Waals surface area contributed by atoms with Crippen molar-refractivity contribution in [3.05, 3.63) is 39.7 Å². The van der Waals surface area contributed by atoms with Gasteiger partial charge in [0.05, 0.1) is 10.8 Å². The normalized spacial score (nSPS) is 18.1. The third kappa shape index (κ3) is 2.57. The van der Waals surface area contributed by atoms with Gasteiger partial charge in [0.2, 0.25) is 0 Å². The van der Waals surface area contributed by atoms with Gasteiger partial charge in [0.25, 0.3) is 11.6 Å². The topological polar surface area (TPSA) is 101 Å². The molecule has 1 heterocycles. The zero-order valence-corrected chi connectivity index (χ0v) is 10.8. The van der Waals surface area contributed by atoms with Gasteiger partial charge in [0.1, 0.15) is 17.4 Å². The monoisotopic (exact) mass is 300 g/mol. The Hall–Kier alpha value is -2.16. The number of carboxylic acids is 1. The fraction of sp³-hybridized carbons (Fsp3) is 0.273. The van der Waals surface area contributed by atoms with Crippen LogP contribution in [0.3, 0.4) is 0 Å². The van der Waals surface area contributed by atoms with Crippen LogP contribution >= 0.6 is 11.8 Å². The number of amides is 1. The number of nitrogens with zero attached hydrogens (tertiary/aromatic N) is 2. The highest BCUT2D eigenvalue weighted by Gasteiger charge is 2.37. The number of aliphatic carboxylic acids is 1. The number of nitro groups is 1. The average Bonchev–Trinajstić information content (AvgIpc) is 2.86. The predicted molar refractivity (Wildman–Crippen MR) is 68.0 cm³/mol. The molecule has 1 saturated heterocycles. The maximum absolute atomic E-state index is 13.2. The number of halogens is 1. The summed E-state index contributed by atoms with van der Waals surface area (Å²) in [6, 6.07) is 1.46. The molecule has 0 saturated carbocycles. The van der Waals surface area contributed by atoms with Crippen molar-refractivity contribution in [1.82, 2.24) is 4.90 Å². The molecule has 0 aromatic heterocycles. The molecule has 0 spiro atoms. The highest BCUT2D eigenvalue weighted by atomic mass is 32.2. The summed E-state index contributed by atoms with van der Waals surface area (Å²) in [5.74, 6) is -2.54. The van der Waals surface area contributed by atoms with E-state index in [1.807, 2.05) is 0 Å². The van der Waals surface area contributed by atoms with Gasteiger partial charge in [-0.3, -0.25) is 14.9 Å². The van der Waals surface area contributed by atoms with Gasteiger partial charge in [-0.25, -0.2) is 9.18 Å². The Labute approximate surface area is 116 Å². The summed E-state index contributed by atoms with van der Waals surface area (Å²) in [4.78, 5) is 34.3. The van der Waals surface area contributed by atoms with Crippen LogP contribution in [0.25, 0.3) is 0 Å². The van der Waals surface area contributed by atoms with Gasteiger partial charge in [-0.2, -0.15) is 0 Å². The van der Waals surface area contributed by atoms with Crippen LogP contribution in [0.1, 0.15) is 10.4 Å². The molecule has 1 atom stereocenters. The van der Waals surface area contributed by atoms with E-state index in [0.29, 0.717) is 0 Å². The molecule has 1 N–H and O–H groups in total. The first-order valence-corrected chi connectivity index (χ1v) is 6.62. The summed E-state index contributed by atoms with van der Waals surface area (Å²) in [7, 11) is 0. The smallest absolute Gasteiger partial charge is 0.327 e. The van der Waals surface area contributed by atoms with Crippen LogP contribution in [0.5, 0.6) is 0 Å². The van der Waals surface area contributed by atoms with Crippen molar-refractivity contribution in [1.29, 1.82) is 0 Å². The summed E-state index contributed by atoms with van der Waals surface area (Å²) >= 11 is 1.22. The van der Waals surface area contributed by atoms with E-state index in [1.165, 1.54) is 11.8 Å². The van der Waals surface area contributed by atoms with E-state index >= 15 is 0 Å². The maximum Gasteiger partial charge on any atom is 0.327 e. The van der Waals surface area contributed by atoms with Gasteiger partial charge in [-0.1, -0.05) is 0 Å². The quantitative estimate of drug-likeness (QED) is 0.667. The molecular formula is C11H9FN2O5S. The Morgan fingerprint density at radius 3 is 2.80 bits per heavy atom. The highest BCUT2D eigenvalue weighted by molar-refractivity contribution is 7.99. The standard InChI is InChI=1S/C11H9FN2O5S/c12-6-1-2-8(14(18)19)7(3-6)10(15)13-5-20-4-9(13)11(16)17/h1-3,9H,4-5H2,(H,16,17)/t9-/m0/s1.